The molecule has 0 amide bonds. The zero-order chi connectivity index (χ0) is 15.5. The van der Waals surface area contributed by atoms with Crippen LogP contribution in [0, 0.1) is 0 Å². The van der Waals surface area contributed by atoms with Gasteiger partial charge in [0.2, 0.25) is 0 Å². The van der Waals surface area contributed by atoms with E-state index in [1.165, 1.54) is 0 Å². The lowest BCUT2D eigenvalue weighted by atomic mass is 9.86. The predicted molar refractivity (Wildman–Crippen MR) is 86.5 cm³/mol. The minimum absolute atomic E-state index is 0.223. The van der Waals surface area contributed by atoms with Crippen molar-refractivity contribution >= 4 is 35.1 Å². The van der Waals surface area contributed by atoms with Gasteiger partial charge in [0.05, 0.1) is 23.4 Å². The average molecular weight is 308 g/mol. The molecule has 7 heteroatoms. The molecule has 0 bridgehead atoms. The summed E-state index contributed by atoms with van der Waals surface area (Å²) in [6.45, 7) is 12.9. The van der Waals surface area contributed by atoms with Crippen LogP contribution in [0.4, 0.5) is 0 Å². The third-order valence-electron chi connectivity index (χ3n) is 4.37. The van der Waals surface area contributed by atoms with E-state index in [0.717, 1.165) is 9.55 Å². The summed E-state index contributed by atoms with van der Waals surface area (Å²) in [7, 11) is -0.593. The minimum atomic E-state index is -0.317. The molecule has 1 aromatic rings. The number of thiophene rings is 1. The van der Waals surface area contributed by atoms with Crippen LogP contribution in [-0.4, -0.2) is 37.6 Å². The van der Waals surface area contributed by atoms with Gasteiger partial charge in [-0.1, -0.05) is 12.1 Å². The molecule has 4 nitrogen and oxygen atoms in total. The van der Waals surface area contributed by atoms with Crippen LogP contribution in [0.1, 0.15) is 41.5 Å². The van der Waals surface area contributed by atoms with Gasteiger partial charge in [0, 0.05) is 9.55 Å². The van der Waals surface area contributed by atoms with Gasteiger partial charge >= 0.3 is 14.2 Å². The molecule has 3 heterocycles. The zero-order valence-electron chi connectivity index (χ0n) is 13.6. The number of hydrogen-bond donors (Lipinski definition) is 0. The molecule has 2 aliphatic rings. The Balaban J connectivity index is 1.75. The van der Waals surface area contributed by atoms with Crippen molar-refractivity contribution in [1.29, 1.82) is 0 Å². The van der Waals surface area contributed by atoms with Crippen molar-refractivity contribution in [2.24, 2.45) is 0 Å². The van der Waals surface area contributed by atoms with E-state index in [-0.39, 0.29) is 31.0 Å². The van der Waals surface area contributed by atoms with Crippen molar-refractivity contribution < 1.29 is 18.6 Å². The standard InChI is InChI=1S/C14H22B2O4S/c1-12(2)9-17-15(18-12)10-7-8-11(21-10)16-19-13(3,4)14(5,6)20-16/h7-8H,9H2,1-6H3. The highest BCUT2D eigenvalue weighted by atomic mass is 32.1. The Bertz CT molecular complexity index is 525. The summed E-state index contributed by atoms with van der Waals surface area (Å²) in [4.78, 5) is 0. The van der Waals surface area contributed by atoms with Gasteiger partial charge in [0.25, 0.3) is 0 Å². The third kappa shape index (κ3) is 2.82. The molecule has 0 unspecified atom stereocenters. The van der Waals surface area contributed by atoms with E-state index in [0.29, 0.717) is 6.61 Å². The molecule has 0 saturated carbocycles. The Labute approximate surface area is 131 Å². The smallest absolute Gasteiger partial charge is 0.404 e. The lowest BCUT2D eigenvalue weighted by molar-refractivity contribution is 0.00578. The average Bonchev–Trinajstić information content (AvgIpc) is 2.97. The second-order valence-electron chi connectivity index (χ2n) is 7.35. The molecule has 3 rings (SSSR count). The fourth-order valence-corrected chi connectivity index (χ4v) is 3.30. The second kappa shape index (κ2) is 4.83. The van der Waals surface area contributed by atoms with Gasteiger partial charge in [-0.3, -0.25) is 0 Å². The summed E-state index contributed by atoms with van der Waals surface area (Å²) >= 11 is 1.63. The lowest BCUT2D eigenvalue weighted by Gasteiger charge is -2.32. The van der Waals surface area contributed by atoms with Crippen LogP contribution in [0.25, 0.3) is 0 Å². The van der Waals surface area contributed by atoms with Crippen LogP contribution >= 0.6 is 11.3 Å². The summed E-state index contributed by atoms with van der Waals surface area (Å²) in [5, 5.41) is 0. The second-order valence-corrected chi connectivity index (χ2v) is 8.50. The predicted octanol–water partition coefficient (Wildman–Crippen LogP) is 1.57. The first-order chi connectivity index (χ1) is 9.60. The fourth-order valence-electron chi connectivity index (χ4n) is 2.36. The molecule has 114 valence electrons. The Morgan fingerprint density at radius 3 is 1.86 bits per heavy atom. The van der Waals surface area contributed by atoms with Gasteiger partial charge in [0.15, 0.2) is 0 Å². The molecule has 0 aliphatic carbocycles. The molecular weight excluding hydrogens is 286 g/mol. The molecule has 0 radical (unpaired) electrons. The van der Waals surface area contributed by atoms with Crippen LogP contribution in [0.2, 0.25) is 0 Å². The first-order valence-electron chi connectivity index (χ1n) is 7.34. The molecule has 0 spiro atoms. The first kappa shape index (κ1) is 15.6. The van der Waals surface area contributed by atoms with Crippen molar-refractivity contribution in [2.75, 3.05) is 6.61 Å². The Hall–Kier alpha value is -0.330. The fraction of sp³-hybridized carbons (Fsp3) is 0.714. The van der Waals surface area contributed by atoms with Crippen molar-refractivity contribution in [3.8, 4) is 0 Å². The maximum Gasteiger partial charge on any atom is 0.505 e. The van der Waals surface area contributed by atoms with Crippen molar-refractivity contribution in [1.82, 2.24) is 0 Å². The molecule has 2 saturated heterocycles. The Morgan fingerprint density at radius 2 is 1.38 bits per heavy atom. The lowest BCUT2D eigenvalue weighted by Crippen LogP contribution is -2.41. The van der Waals surface area contributed by atoms with Gasteiger partial charge in [-0.05, 0) is 41.5 Å². The SMILES string of the molecule is CC1(C)COB(c2ccc(B3OC(C)(C)C(C)(C)O3)s2)O1. The Morgan fingerprint density at radius 1 is 0.857 bits per heavy atom. The molecule has 1 aromatic heterocycles. The summed E-state index contributed by atoms with van der Waals surface area (Å²) in [6.07, 6.45) is 0. The van der Waals surface area contributed by atoms with E-state index in [1.54, 1.807) is 11.3 Å². The van der Waals surface area contributed by atoms with Gasteiger partial charge in [0.1, 0.15) is 0 Å². The molecule has 0 aromatic carbocycles. The number of rotatable bonds is 2. The molecule has 0 atom stereocenters. The van der Waals surface area contributed by atoms with Crippen molar-refractivity contribution in [3.05, 3.63) is 12.1 Å². The quantitative estimate of drug-likeness (QED) is 0.777. The molecule has 0 N–H and O–H groups in total. The molecule has 21 heavy (non-hydrogen) atoms. The monoisotopic (exact) mass is 308 g/mol. The maximum atomic E-state index is 6.07. The topological polar surface area (TPSA) is 36.9 Å². The highest BCUT2D eigenvalue weighted by Gasteiger charge is 2.52. The summed E-state index contributed by atoms with van der Waals surface area (Å²) < 4.78 is 25.9. The van der Waals surface area contributed by atoms with Crippen LogP contribution in [-0.2, 0) is 18.6 Å². The van der Waals surface area contributed by atoms with Gasteiger partial charge in [-0.25, -0.2) is 0 Å². The van der Waals surface area contributed by atoms with E-state index in [2.05, 4.69) is 27.7 Å². The molecule has 2 aliphatic heterocycles. The van der Waals surface area contributed by atoms with Crippen LogP contribution in [0.5, 0.6) is 0 Å². The van der Waals surface area contributed by atoms with E-state index >= 15 is 0 Å². The molecular formula is C14H22B2O4S. The zero-order valence-corrected chi connectivity index (χ0v) is 14.4. The van der Waals surface area contributed by atoms with E-state index in [4.69, 9.17) is 18.6 Å². The minimum Gasteiger partial charge on any atom is -0.404 e. The summed E-state index contributed by atoms with van der Waals surface area (Å²) in [5.74, 6) is 0. The van der Waals surface area contributed by atoms with Gasteiger partial charge < -0.3 is 18.6 Å². The van der Waals surface area contributed by atoms with Gasteiger partial charge in [-0.2, -0.15) is 11.3 Å². The van der Waals surface area contributed by atoms with Crippen LogP contribution < -0.4 is 9.55 Å². The first-order valence-corrected chi connectivity index (χ1v) is 8.16. The maximum absolute atomic E-state index is 6.07. The largest absolute Gasteiger partial charge is 0.505 e. The Kier molecular flexibility index (Phi) is 3.58. The van der Waals surface area contributed by atoms with Crippen molar-refractivity contribution in [3.63, 3.8) is 0 Å². The van der Waals surface area contributed by atoms with Crippen LogP contribution in [0.3, 0.4) is 0 Å². The third-order valence-corrected chi connectivity index (χ3v) is 5.50. The highest BCUT2D eigenvalue weighted by molar-refractivity contribution is 7.30. The normalized spacial score (nSPS) is 26.6. The van der Waals surface area contributed by atoms with Gasteiger partial charge in [-0.15, -0.1) is 0 Å². The highest BCUT2D eigenvalue weighted by Crippen LogP contribution is 2.36. The summed E-state index contributed by atoms with van der Waals surface area (Å²) in [6, 6.07) is 4.08. The van der Waals surface area contributed by atoms with E-state index in [1.807, 2.05) is 26.0 Å². The molecule has 2 fully saturated rings. The van der Waals surface area contributed by atoms with E-state index < -0.39 is 0 Å². The van der Waals surface area contributed by atoms with E-state index in [9.17, 15) is 0 Å². The summed E-state index contributed by atoms with van der Waals surface area (Å²) in [5.41, 5.74) is -0.854. The van der Waals surface area contributed by atoms with Crippen LogP contribution in [0.15, 0.2) is 12.1 Å². The number of hydrogen-bond acceptors (Lipinski definition) is 5. The van der Waals surface area contributed by atoms with Crippen molar-refractivity contribution in [2.45, 2.75) is 58.3 Å².